The highest BCUT2D eigenvalue weighted by Gasteiger charge is 2.23. The smallest absolute Gasteiger partial charge is 0.306 e. The Morgan fingerprint density at radius 2 is 1.88 bits per heavy atom. The number of carbonyl (C=O) groups excluding carboxylic acids is 4. The largest absolute Gasteiger partial charge is 0.466 e. The number of benzene rings is 1. The van der Waals surface area contributed by atoms with Crippen LogP contribution in [0.3, 0.4) is 0 Å². The minimum Gasteiger partial charge on any atom is -0.466 e. The Labute approximate surface area is 231 Å². The summed E-state index contributed by atoms with van der Waals surface area (Å²) in [6, 6.07) is 9.88. The topological polar surface area (TPSA) is 150 Å². The average Bonchev–Trinajstić information content (AvgIpc) is 3.69. The number of oxime groups is 1. The molecule has 4 rings (SSSR count). The molecule has 1 aromatic heterocycles. The molecule has 0 saturated carbocycles. The molecular weight excluding hydrogens is 520 g/mol. The zero-order chi connectivity index (χ0) is 28.2. The number of nitrogens with one attached hydrogen (secondary N) is 1. The zero-order valence-electron chi connectivity index (χ0n) is 22.1. The van der Waals surface area contributed by atoms with Crippen molar-refractivity contribution < 1.29 is 38.0 Å². The summed E-state index contributed by atoms with van der Waals surface area (Å²) in [7, 11) is 0. The number of anilines is 1. The van der Waals surface area contributed by atoms with Crippen molar-refractivity contribution in [3.8, 4) is 0 Å². The highest BCUT2D eigenvalue weighted by atomic mass is 16.6. The molecule has 2 aromatic rings. The molecule has 1 aromatic carbocycles. The van der Waals surface area contributed by atoms with Crippen molar-refractivity contribution in [2.75, 3.05) is 38.2 Å². The Morgan fingerprint density at radius 1 is 1.07 bits per heavy atom. The van der Waals surface area contributed by atoms with Crippen molar-refractivity contribution in [1.82, 2.24) is 10.1 Å². The van der Waals surface area contributed by atoms with Gasteiger partial charge in [-0.25, -0.2) is 0 Å². The summed E-state index contributed by atoms with van der Waals surface area (Å²) in [5.41, 5.74) is 4.12. The van der Waals surface area contributed by atoms with Crippen LogP contribution in [0.5, 0.6) is 0 Å². The quantitative estimate of drug-likeness (QED) is 0.211. The highest BCUT2D eigenvalue weighted by molar-refractivity contribution is 6.01. The van der Waals surface area contributed by atoms with Gasteiger partial charge in [-0.2, -0.15) is 0 Å². The van der Waals surface area contributed by atoms with E-state index in [-0.39, 0.29) is 50.9 Å². The van der Waals surface area contributed by atoms with Crippen LogP contribution in [0.15, 0.2) is 52.3 Å². The molecule has 0 bridgehead atoms. The highest BCUT2D eigenvalue weighted by Crippen LogP contribution is 2.24. The number of rotatable bonds is 14. The van der Waals surface area contributed by atoms with Crippen LogP contribution < -0.4 is 5.32 Å². The van der Waals surface area contributed by atoms with E-state index >= 15 is 0 Å². The van der Waals surface area contributed by atoms with Crippen LogP contribution in [0.2, 0.25) is 0 Å². The number of hydrogen-bond acceptors (Lipinski definition) is 11. The number of nitrogens with zero attached hydrogens (tertiary/aromatic N) is 3. The van der Waals surface area contributed by atoms with E-state index in [1.165, 1.54) is 6.26 Å². The van der Waals surface area contributed by atoms with Crippen LogP contribution in [-0.4, -0.2) is 78.9 Å². The number of aldehydes is 1. The van der Waals surface area contributed by atoms with Crippen LogP contribution >= 0.6 is 0 Å². The lowest BCUT2D eigenvalue weighted by Gasteiger charge is -2.26. The van der Waals surface area contributed by atoms with E-state index in [1.54, 1.807) is 11.0 Å². The van der Waals surface area contributed by atoms with Crippen LogP contribution in [-0.2, 0) is 33.5 Å². The van der Waals surface area contributed by atoms with Crippen LogP contribution in [0.1, 0.15) is 49.7 Å². The van der Waals surface area contributed by atoms with Crippen molar-refractivity contribution in [3.63, 3.8) is 0 Å². The molecule has 40 heavy (non-hydrogen) atoms. The fourth-order valence-corrected chi connectivity index (χ4v) is 4.22. The normalized spacial score (nSPS) is 16.4. The molecule has 0 aliphatic carbocycles. The molecule has 2 aliphatic heterocycles. The second-order valence-corrected chi connectivity index (χ2v) is 9.32. The molecule has 12 nitrogen and oxygen atoms in total. The van der Waals surface area contributed by atoms with Gasteiger partial charge < -0.3 is 33.8 Å². The lowest BCUT2D eigenvalue weighted by molar-refractivity contribution is -0.152. The van der Waals surface area contributed by atoms with Gasteiger partial charge in [-0.3, -0.25) is 14.4 Å². The first-order valence-electron chi connectivity index (χ1n) is 13.2. The molecule has 3 heterocycles. The molecule has 1 N–H and O–H groups in total. The van der Waals surface area contributed by atoms with Crippen LogP contribution in [0.4, 0.5) is 5.82 Å². The number of hydrogen-bond donors (Lipinski definition) is 1. The fourth-order valence-electron chi connectivity index (χ4n) is 4.22. The van der Waals surface area contributed by atoms with Crippen LogP contribution in [0, 0.1) is 0 Å². The molecule has 0 radical (unpaired) electrons. The average molecular weight is 553 g/mol. The van der Waals surface area contributed by atoms with Crippen molar-refractivity contribution in [1.29, 1.82) is 0 Å². The maximum Gasteiger partial charge on any atom is 0.306 e. The van der Waals surface area contributed by atoms with Crippen molar-refractivity contribution >= 4 is 41.2 Å². The van der Waals surface area contributed by atoms with E-state index in [4.69, 9.17) is 18.8 Å². The molecule has 1 atom stereocenters. The Bertz CT molecular complexity index is 1220. The van der Waals surface area contributed by atoms with Gasteiger partial charge in [0.15, 0.2) is 12.4 Å². The molecule has 1 unspecified atom stereocenters. The van der Waals surface area contributed by atoms with Gasteiger partial charge in [-0.05, 0) is 29.5 Å². The SMILES string of the molecule is O=CCCC(=O)OCCCC(=O)OCC(=O)N1CC=C(c2ccc(C3=NOC(CNc4ccon4)C3)cc2)CC1. The van der Waals surface area contributed by atoms with E-state index in [9.17, 15) is 19.2 Å². The minimum atomic E-state index is -0.527. The monoisotopic (exact) mass is 552 g/mol. The van der Waals surface area contributed by atoms with Crippen molar-refractivity contribution in [3.05, 3.63) is 53.8 Å². The third-order valence-electron chi connectivity index (χ3n) is 6.44. The molecule has 0 saturated heterocycles. The second kappa shape index (κ2) is 14.6. The number of carbonyl (C=O) groups is 4. The van der Waals surface area contributed by atoms with Crippen molar-refractivity contribution in [2.45, 2.75) is 44.6 Å². The first-order chi connectivity index (χ1) is 19.5. The molecule has 212 valence electrons. The van der Waals surface area contributed by atoms with Gasteiger partial charge in [-0.15, -0.1) is 0 Å². The predicted molar refractivity (Wildman–Crippen MR) is 143 cm³/mol. The van der Waals surface area contributed by atoms with Gasteiger partial charge in [0.05, 0.1) is 25.3 Å². The summed E-state index contributed by atoms with van der Waals surface area (Å²) in [5, 5.41) is 11.2. The van der Waals surface area contributed by atoms with E-state index in [0.717, 1.165) is 22.4 Å². The first kappa shape index (κ1) is 28.5. The van der Waals surface area contributed by atoms with E-state index in [1.807, 2.05) is 30.3 Å². The maximum absolute atomic E-state index is 12.5. The minimum absolute atomic E-state index is 0.0240. The molecule has 2 aliphatic rings. The molecule has 1 amide bonds. The number of ether oxygens (including phenoxy) is 2. The lowest BCUT2D eigenvalue weighted by atomic mass is 9.96. The van der Waals surface area contributed by atoms with E-state index in [0.29, 0.717) is 44.6 Å². The van der Waals surface area contributed by atoms with E-state index in [2.05, 4.69) is 15.6 Å². The number of esters is 2. The van der Waals surface area contributed by atoms with Gasteiger partial charge >= 0.3 is 11.9 Å². The maximum atomic E-state index is 12.5. The van der Waals surface area contributed by atoms with Gasteiger partial charge in [0.2, 0.25) is 0 Å². The number of aromatic nitrogens is 1. The third-order valence-corrected chi connectivity index (χ3v) is 6.44. The van der Waals surface area contributed by atoms with Crippen molar-refractivity contribution in [2.24, 2.45) is 5.16 Å². The number of amides is 1. The summed E-state index contributed by atoms with van der Waals surface area (Å²) < 4.78 is 14.8. The summed E-state index contributed by atoms with van der Waals surface area (Å²) >= 11 is 0. The molecular formula is C28H32N4O8. The summed E-state index contributed by atoms with van der Waals surface area (Å²) in [5.74, 6) is -0.611. The Balaban J connectivity index is 1.14. The Morgan fingerprint density at radius 3 is 2.60 bits per heavy atom. The predicted octanol–water partition coefficient (Wildman–Crippen LogP) is 2.74. The molecule has 0 fully saturated rings. The Kier molecular flexibility index (Phi) is 10.4. The summed E-state index contributed by atoms with van der Waals surface area (Å²) in [6.45, 7) is 1.27. The summed E-state index contributed by atoms with van der Waals surface area (Å²) in [6.07, 6.45) is 5.91. The molecule has 12 heteroatoms. The Hall–Kier alpha value is -4.48. The van der Waals surface area contributed by atoms with Gasteiger partial charge in [0.25, 0.3) is 5.91 Å². The third kappa shape index (κ3) is 8.52. The molecule has 0 spiro atoms. The standard InChI is InChI=1S/C28H32N4O8/c33-14-1-3-27(35)37-15-2-4-28(36)38-19-26(34)32-12-9-21(10-13-32)20-5-7-22(8-6-20)24-17-23(40-30-24)18-29-25-11-16-39-31-25/h5-9,11,14,16,23H,1-4,10,12-13,15,17-19H2,(H,29,31). The first-order valence-corrected chi connectivity index (χ1v) is 13.2. The fraction of sp³-hybridized carbons (Fsp3) is 0.429. The second-order valence-electron chi connectivity index (χ2n) is 9.32. The van der Waals surface area contributed by atoms with Gasteiger partial charge in [-0.1, -0.05) is 40.7 Å². The van der Waals surface area contributed by atoms with E-state index < -0.39 is 11.9 Å². The zero-order valence-corrected chi connectivity index (χ0v) is 22.1. The lowest BCUT2D eigenvalue weighted by Crippen LogP contribution is -2.37. The van der Waals surface area contributed by atoms with Gasteiger partial charge in [0.1, 0.15) is 18.7 Å². The van der Waals surface area contributed by atoms with Crippen LogP contribution in [0.25, 0.3) is 5.57 Å². The van der Waals surface area contributed by atoms with Gasteiger partial charge in [0, 0.05) is 38.4 Å². The summed E-state index contributed by atoms with van der Waals surface area (Å²) in [4.78, 5) is 53.1.